The van der Waals surface area contributed by atoms with Gasteiger partial charge in [0, 0.05) is 68.7 Å². The number of ether oxygens (including phenoxy) is 3. The summed E-state index contributed by atoms with van der Waals surface area (Å²) < 4.78 is 17.1. The van der Waals surface area contributed by atoms with E-state index in [4.69, 9.17) is 19.9 Å². The number of anilines is 2. The van der Waals surface area contributed by atoms with Gasteiger partial charge in [0.2, 0.25) is 17.8 Å². The van der Waals surface area contributed by atoms with Crippen LogP contribution in [0.25, 0.3) is 11.2 Å². The highest BCUT2D eigenvalue weighted by Gasteiger charge is 2.34. The number of fused-ring (bicyclic) bond motifs is 1. The van der Waals surface area contributed by atoms with Crippen molar-refractivity contribution in [1.82, 2.24) is 40.8 Å². The van der Waals surface area contributed by atoms with Crippen LogP contribution in [0.3, 0.4) is 0 Å². The Morgan fingerprint density at radius 1 is 0.912 bits per heavy atom. The predicted molar refractivity (Wildman–Crippen MR) is 203 cm³/mol. The first-order chi connectivity index (χ1) is 27.4. The molecule has 57 heavy (non-hydrogen) atoms. The number of nitrogens with zero attached hydrogens (tertiary/aromatic N) is 4. The highest BCUT2D eigenvalue weighted by molar-refractivity contribution is 6.13. The number of esters is 1. The number of aromatic nitrogens is 4. The van der Waals surface area contributed by atoms with Gasteiger partial charge in [0.05, 0.1) is 38.8 Å². The number of H-pyrrole nitrogens is 1. The quantitative estimate of drug-likeness (QED) is 0.0386. The standard InChI is InChI=1S/C37H46N10O10/c1-55-35(54)26(44-33(52)23-5-7-24(8-6-23)41-21-25-22-42-32-31(43-25)34(53)46-36(38)45-32)9-10-27(48)39-16-19-56-37(14-3-2-4-15-37)57-20-17-40-28(49)13-18-47-29(50)11-12-30(47)51/h5-8,11-12,22,26,41H,2-4,9-10,13-21H2,1H3,(H,39,48)(H,40,49)(H,44,52)(H3,38,42,45,46,53)/t26-/m0/s1. The van der Waals surface area contributed by atoms with Crippen molar-refractivity contribution in [2.45, 2.75) is 69.7 Å². The Kier molecular flexibility index (Phi) is 14.7. The van der Waals surface area contributed by atoms with E-state index in [0.29, 0.717) is 24.2 Å². The summed E-state index contributed by atoms with van der Waals surface area (Å²) in [6.45, 7) is 0.957. The summed E-state index contributed by atoms with van der Waals surface area (Å²) in [4.78, 5) is 102. The molecule has 0 radical (unpaired) electrons. The van der Waals surface area contributed by atoms with Crippen molar-refractivity contribution in [2.75, 3.05) is 51.0 Å². The molecule has 1 aliphatic heterocycles. The van der Waals surface area contributed by atoms with Crippen molar-refractivity contribution >= 4 is 58.3 Å². The molecular formula is C37H46N10O10. The number of aromatic amines is 1. The number of carbonyl (C=O) groups excluding carboxylic acids is 6. The van der Waals surface area contributed by atoms with Gasteiger partial charge in [0.15, 0.2) is 17.0 Å². The third kappa shape index (κ3) is 12.1. The van der Waals surface area contributed by atoms with Gasteiger partial charge in [-0.1, -0.05) is 6.42 Å². The van der Waals surface area contributed by atoms with Crippen LogP contribution in [0.1, 0.15) is 67.4 Å². The van der Waals surface area contributed by atoms with E-state index in [2.05, 4.69) is 41.2 Å². The molecule has 2 aliphatic rings. The summed E-state index contributed by atoms with van der Waals surface area (Å²) in [6, 6.07) is 5.36. The third-order valence-electron chi connectivity index (χ3n) is 9.21. The Hall–Kier alpha value is -6.28. The number of carbonyl (C=O) groups is 6. The predicted octanol–water partition coefficient (Wildman–Crippen LogP) is 0.200. The van der Waals surface area contributed by atoms with E-state index < -0.39 is 41.1 Å². The largest absolute Gasteiger partial charge is 0.467 e. The van der Waals surface area contributed by atoms with Crippen molar-refractivity contribution in [2.24, 2.45) is 0 Å². The van der Waals surface area contributed by atoms with Crippen LogP contribution in [0.15, 0.2) is 47.4 Å². The van der Waals surface area contributed by atoms with Gasteiger partial charge in [-0.2, -0.15) is 4.98 Å². The minimum Gasteiger partial charge on any atom is -0.467 e. The molecule has 1 fully saturated rings. The molecule has 7 N–H and O–H groups in total. The maximum absolute atomic E-state index is 13.0. The molecular weight excluding hydrogens is 744 g/mol. The fourth-order valence-electron chi connectivity index (χ4n) is 6.21. The number of nitrogen functional groups attached to an aromatic ring is 1. The van der Waals surface area contributed by atoms with Crippen molar-refractivity contribution < 1.29 is 43.0 Å². The van der Waals surface area contributed by atoms with E-state index in [-0.39, 0.29) is 93.1 Å². The molecule has 1 atom stereocenters. The zero-order valence-electron chi connectivity index (χ0n) is 31.5. The maximum atomic E-state index is 13.0. The van der Waals surface area contributed by atoms with Gasteiger partial charge in [0.25, 0.3) is 23.3 Å². The van der Waals surface area contributed by atoms with Gasteiger partial charge < -0.3 is 41.2 Å². The van der Waals surface area contributed by atoms with E-state index >= 15 is 0 Å². The lowest BCUT2D eigenvalue weighted by atomic mass is 9.94. The second-order valence-electron chi connectivity index (χ2n) is 13.3. The fraction of sp³-hybridized carbons (Fsp3) is 0.459. The SMILES string of the molecule is COC(=O)[C@H](CCC(=O)NCCOC1(OCCNC(=O)CCN2C(=O)C=CC2=O)CCCCC1)NC(=O)c1ccc(NCc2cnc3nc(N)[nH]c(=O)c3n2)cc1. The van der Waals surface area contributed by atoms with Gasteiger partial charge in [0.1, 0.15) is 6.04 Å². The molecule has 0 spiro atoms. The highest BCUT2D eigenvalue weighted by atomic mass is 16.7. The van der Waals surface area contributed by atoms with Gasteiger partial charge in [-0.15, -0.1) is 0 Å². The molecule has 2 aromatic heterocycles. The Morgan fingerprint density at radius 2 is 1.56 bits per heavy atom. The van der Waals surface area contributed by atoms with Gasteiger partial charge in [-0.25, -0.2) is 14.8 Å². The molecule has 1 aromatic carbocycles. The molecule has 304 valence electrons. The Bertz CT molecular complexity index is 2010. The van der Waals surface area contributed by atoms with E-state index in [0.717, 1.165) is 24.2 Å². The van der Waals surface area contributed by atoms with Crippen molar-refractivity contribution in [1.29, 1.82) is 0 Å². The first-order valence-corrected chi connectivity index (χ1v) is 18.5. The molecule has 0 unspecified atom stereocenters. The molecule has 20 nitrogen and oxygen atoms in total. The molecule has 0 saturated heterocycles. The summed E-state index contributed by atoms with van der Waals surface area (Å²) in [5, 5.41) is 11.3. The number of nitrogens with one attached hydrogen (secondary N) is 5. The van der Waals surface area contributed by atoms with Crippen LogP contribution in [0, 0.1) is 0 Å². The lowest BCUT2D eigenvalue weighted by Crippen LogP contribution is -2.43. The van der Waals surface area contributed by atoms with Crippen molar-refractivity contribution in [3.63, 3.8) is 0 Å². The highest BCUT2D eigenvalue weighted by Crippen LogP contribution is 2.32. The molecule has 0 bridgehead atoms. The fourth-order valence-corrected chi connectivity index (χ4v) is 6.21. The topological polar surface area (TPSA) is 279 Å². The zero-order valence-corrected chi connectivity index (χ0v) is 31.5. The Balaban J connectivity index is 1.01. The summed E-state index contributed by atoms with van der Waals surface area (Å²) in [7, 11) is 1.19. The minimum atomic E-state index is -1.08. The summed E-state index contributed by atoms with van der Waals surface area (Å²) >= 11 is 0. The van der Waals surface area contributed by atoms with Crippen molar-refractivity contribution in [3.8, 4) is 0 Å². The molecule has 3 heterocycles. The molecule has 1 saturated carbocycles. The third-order valence-corrected chi connectivity index (χ3v) is 9.21. The maximum Gasteiger partial charge on any atom is 0.328 e. The molecule has 20 heteroatoms. The summed E-state index contributed by atoms with van der Waals surface area (Å²) in [6.07, 6.45) is 7.84. The van der Waals surface area contributed by atoms with Crippen LogP contribution < -0.4 is 32.6 Å². The normalized spacial score (nSPS) is 15.3. The van der Waals surface area contributed by atoms with Crippen LogP contribution in [0.5, 0.6) is 0 Å². The monoisotopic (exact) mass is 790 g/mol. The van der Waals surface area contributed by atoms with E-state index in [1.54, 1.807) is 24.3 Å². The molecule has 1 aliphatic carbocycles. The number of methoxy groups -OCH3 is 1. The number of amides is 5. The van der Waals surface area contributed by atoms with Crippen LogP contribution in [0.4, 0.5) is 11.6 Å². The first-order valence-electron chi connectivity index (χ1n) is 18.5. The average molecular weight is 791 g/mol. The van der Waals surface area contributed by atoms with Crippen LogP contribution in [0.2, 0.25) is 0 Å². The van der Waals surface area contributed by atoms with Crippen LogP contribution in [-0.4, -0.2) is 112 Å². The minimum absolute atomic E-state index is 0.00377. The first kappa shape index (κ1) is 41.9. The number of benzene rings is 1. The second kappa shape index (κ2) is 20.1. The zero-order chi connectivity index (χ0) is 40.8. The number of hydrogen-bond donors (Lipinski definition) is 6. The van der Waals surface area contributed by atoms with Crippen LogP contribution in [-0.2, 0) is 44.7 Å². The Morgan fingerprint density at radius 3 is 2.21 bits per heavy atom. The van der Waals surface area contributed by atoms with E-state index in [9.17, 15) is 33.6 Å². The van der Waals surface area contributed by atoms with E-state index in [1.807, 2.05) is 0 Å². The van der Waals surface area contributed by atoms with E-state index in [1.165, 1.54) is 25.5 Å². The second-order valence-corrected chi connectivity index (χ2v) is 13.3. The Labute approximate surface area is 326 Å². The van der Waals surface area contributed by atoms with Gasteiger partial charge in [-0.3, -0.25) is 38.7 Å². The molecule has 5 rings (SSSR count). The number of rotatable bonds is 20. The summed E-state index contributed by atoms with van der Waals surface area (Å²) in [5.41, 5.74) is 6.62. The number of nitrogens with two attached hydrogens (primary N) is 1. The average Bonchev–Trinajstić information content (AvgIpc) is 3.54. The lowest BCUT2D eigenvalue weighted by Gasteiger charge is -2.37. The smallest absolute Gasteiger partial charge is 0.328 e. The molecule has 5 amide bonds. The van der Waals surface area contributed by atoms with Crippen LogP contribution >= 0.6 is 0 Å². The van der Waals surface area contributed by atoms with Gasteiger partial charge >= 0.3 is 5.97 Å². The molecule has 3 aromatic rings. The van der Waals surface area contributed by atoms with Gasteiger partial charge in [-0.05, 0) is 43.5 Å². The van der Waals surface area contributed by atoms with Crippen molar-refractivity contribution in [3.05, 3.63) is 64.2 Å². The number of imide groups is 1. The number of hydrogen-bond acceptors (Lipinski definition) is 15. The summed E-state index contributed by atoms with van der Waals surface area (Å²) in [5.74, 6) is -3.70. The lowest BCUT2D eigenvalue weighted by molar-refractivity contribution is -0.250.